The van der Waals surface area contributed by atoms with E-state index >= 15 is 0 Å². The molecular formula is C10H17N3O2. The number of hydrogen-bond donors (Lipinski definition) is 2. The Labute approximate surface area is 88.8 Å². The number of hydrogen-bond acceptors (Lipinski definition) is 3. The normalized spacial score (nSPS) is 31.4. The van der Waals surface area contributed by atoms with Gasteiger partial charge in [-0.2, -0.15) is 0 Å². The predicted octanol–water partition coefficient (Wildman–Crippen LogP) is -0.942. The SMILES string of the molecule is NC(=O)C1CCN(C(=O)C2CC2N)CC1. The maximum atomic E-state index is 11.8. The van der Waals surface area contributed by atoms with Crippen LogP contribution in [0.15, 0.2) is 0 Å². The smallest absolute Gasteiger partial charge is 0.227 e. The first-order valence-electron chi connectivity index (χ1n) is 5.43. The minimum Gasteiger partial charge on any atom is -0.369 e. The number of carbonyl (C=O) groups excluding carboxylic acids is 2. The van der Waals surface area contributed by atoms with Gasteiger partial charge in [-0.05, 0) is 19.3 Å². The van der Waals surface area contributed by atoms with Gasteiger partial charge >= 0.3 is 0 Å². The van der Waals surface area contributed by atoms with E-state index in [1.54, 1.807) is 0 Å². The van der Waals surface area contributed by atoms with Gasteiger partial charge in [-0.25, -0.2) is 0 Å². The molecule has 2 atom stereocenters. The fourth-order valence-electron chi connectivity index (χ4n) is 2.12. The molecule has 1 aliphatic carbocycles. The van der Waals surface area contributed by atoms with Gasteiger partial charge in [-0.3, -0.25) is 9.59 Å². The molecule has 2 fully saturated rings. The first-order valence-corrected chi connectivity index (χ1v) is 5.43. The third kappa shape index (κ3) is 2.12. The fraction of sp³-hybridized carbons (Fsp3) is 0.800. The van der Waals surface area contributed by atoms with Gasteiger partial charge in [0.2, 0.25) is 11.8 Å². The maximum absolute atomic E-state index is 11.8. The van der Waals surface area contributed by atoms with Gasteiger partial charge < -0.3 is 16.4 Å². The van der Waals surface area contributed by atoms with E-state index in [-0.39, 0.29) is 29.7 Å². The molecule has 1 aliphatic heterocycles. The van der Waals surface area contributed by atoms with E-state index in [0.29, 0.717) is 25.9 Å². The highest BCUT2D eigenvalue weighted by atomic mass is 16.2. The summed E-state index contributed by atoms with van der Waals surface area (Å²) in [7, 11) is 0. The molecule has 4 N–H and O–H groups in total. The monoisotopic (exact) mass is 211 g/mol. The van der Waals surface area contributed by atoms with Crippen LogP contribution in [-0.4, -0.2) is 35.8 Å². The Hall–Kier alpha value is -1.10. The third-order valence-electron chi connectivity index (χ3n) is 3.37. The average molecular weight is 211 g/mol. The molecule has 0 aromatic rings. The molecule has 5 heteroatoms. The summed E-state index contributed by atoms with van der Waals surface area (Å²) < 4.78 is 0. The third-order valence-corrected chi connectivity index (χ3v) is 3.37. The first-order chi connectivity index (χ1) is 7.09. The van der Waals surface area contributed by atoms with Crippen LogP contribution in [-0.2, 0) is 9.59 Å². The highest BCUT2D eigenvalue weighted by Gasteiger charge is 2.43. The van der Waals surface area contributed by atoms with Crippen molar-refractivity contribution in [1.29, 1.82) is 0 Å². The molecule has 2 amide bonds. The Bertz CT molecular complexity index is 284. The van der Waals surface area contributed by atoms with Crippen molar-refractivity contribution in [3.05, 3.63) is 0 Å². The minimum atomic E-state index is -0.245. The molecule has 1 heterocycles. The lowest BCUT2D eigenvalue weighted by Crippen LogP contribution is -2.43. The van der Waals surface area contributed by atoms with Crippen LogP contribution < -0.4 is 11.5 Å². The number of primary amides is 1. The largest absolute Gasteiger partial charge is 0.369 e. The van der Waals surface area contributed by atoms with Crippen molar-refractivity contribution < 1.29 is 9.59 Å². The molecule has 2 rings (SSSR count). The molecule has 2 aliphatic rings. The summed E-state index contributed by atoms with van der Waals surface area (Å²) in [6.07, 6.45) is 2.21. The van der Waals surface area contributed by atoms with Crippen LogP contribution in [0.2, 0.25) is 0 Å². The summed E-state index contributed by atoms with van der Waals surface area (Å²) in [4.78, 5) is 24.5. The molecule has 2 unspecified atom stereocenters. The molecule has 0 radical (unpaired) electrons. The van der Waals surface area contributed by atoms with Crippen LogP contribution in [0.3, 0.4) is 0 Å². The van der Waals surface area contributed by atoms with E-state index < -0.39 is 0 Å². The van der Waals surface area contributed by atoms with Crippen LogP contribution in [0.5, 0.6) is 0 Å². The number of piperidine rings is 1. The summed E-state index contributed by atoms with van der Waals surface area (Å²) in [6, 6.07) is 0.0614. The van der Waals surface area contributed by atoms with Crippen molar-refractivity contribution in [2.45, 2.75) is 25.3 Å². The van der Waals surface area contributed by atoms with Crippen LogP contribution in [0, 0.1) is 11.8 Å². The molecule has 0 aromatic heterocycles. The second kappa shape index (κ2) is 3.81. The van der Waals surface area contributed by atoms with Crippen molar-refractivity contribution in [2.75, 3.05) is 13.1 Å². The van der Waals surface area contributed by atoms with Gasteiger partial charge in [0.1, 0.15) is 0 Å². The number of nitrogens with two attached hydrogens (primary N) is 2. The quantitative estimate of drug-likeness (QED) is 0.617. The van der Waals surface area contributed by atoms with Crippen LogP contribution in [0.1, 0.15) is 19.3 Å². The second-order valence-electron chi connectivity index (χ2n) is 4.51. The van der Waals surface area contributed by atoms with Crippen LogP contribution >= 0.6 is 0 Å². The van der Waals surface area contributed by atoms with E-state index in [2.05, 4.69) is 0 Å². The first kappa shape index (κ1) is 10.4. The lowest BCUT2D eigenvalue weighted by atomic mass is 9.96. The standard InChI is InChI=1S/C10H17N3O2/c11-8-5-7(8)10(15)13-3-1-6(2-4-13)9(12)14/h6-8H,1-5,11H2,(H2,12,14). The van der Waals surface area contributed by atoms with Crippen LogP contribution in [0.25, 0.3) is 0 Å². The van der Waals surface area contributed by atoms with Gasteiger partial charge in [0.05, 0.1) is 5.92 Å². The van der Waals surface area contributed by atoms with E-state index in [1.807, 2.05) is 4.90 Å². The lowest BCUT2D eigenvalue weighted by molar-refractivity contribution is -0.136. The van der Waals surface area contributed by atoms with Crippen molar-refractivity contribution in [3.63, 3.8) is 0 Å². The molecule has 0 spiro atoms. The number of nitrogens with zero attached hydrogens (tertiary/aromatic N) is 1. The summed E-state index contributed by atoms with van der Waals surface area (Å²) in [5.41, 5.74) is 10.8. The Balaban J connectivity index is 1.83. The summed E-state index contributed by atoms with van der Waals surface area (Å²) >= 11 is 0. The molecule has 1 saturated carbocycles. The fourth-order valence-corrected chi connectivity index (χ4v) is 2.12. The van der Waals surface area contributed by atoms with Crippen LogP contribution in [0.4, 0.5) is 0 Å². The zero-order valence-corrected chi connectivity index (χ0v) is 8.69. The molecule has 0 bridgehead atoms. The molecule has 5 nitrogen and oxygen atoms in total. The predicted molar refractivity (Wildman–Crippen MR) is 54.6 cm³/mol. The van der Waals surface area contributed by atoms with E-state index in [4.69, 9.17) is 11.5 Å². The van der Waals surface area contributed by atoms with Crippen molar-refractivity contribution in [1.82, 2.24) is 4.90 Å². The van der Waals surface area contributed by atoms with Gasteiger partial charge in [-0.15, -0.1) is 0 Å². The molecule has 0 aromatic carbocycles. The number of amides is 2. The summed E-state index contributed by atoms with van der Waals surface area (Å²) in [6.45, 7) is 1.30. The molecular weight excluding hydrogens is 194 g/mol. The lowest BCUT2D eigenvalue weighted by Gasteiger charge is -2.30. The van der Waals surface area contributed by atoms with Crippen molar-refractivity contribution in [3.8, 4) is 0 Å². The van der Waals surface area contributed by atoms with E-state index in [0.717, 1.165) is 6.42 Å². The van der Waals surface area contributed by atoms with Gasteiger partial charge in [0.15, 0.2) is 0 Å². The van der Waals surface area contributed by atoms with Crippen molar-refractivity contribution in [2.24, 2.45) is 23.3 Å². The topological polar surface area (TPSA) is 89.4 Å². The number of rotatable bonds is 2. The Morgan fingerprint density at radius 1 is 1.20 bits per heavy atom. The maximum Gasteiger partial charge on any atom is 0.227 e. The summed E-state index contributed by atoms with van der Waals surface area (Å²) in [5, 5.41) is 0. The van der Waals surface area contributed by atoms with Crippen molar-refractivity contribution >= 4 is 11.8 Å². The number of likely N-dealkylation sites (tertiary alicyclic amines) is 1. The minimum absolute atomic E-state index is 0.0372. The van der Waals surface area contributed by atoms with Gasteiger partial charge in [-0.1, -0.05) is 0 Å². The number of carbonyl (C=O) groups is 2. The zero-order valence-electron chi connectivity index (χ0n) is 8.69. The average Bonchev–Trinajstić information content (AvgIpc) is 2.94. The molecule has 1 saturated heterocycles. The Morgan fingerprint density at radius 3 is 2.13 bits per heavy atom. The van der Waals surface area contributed by atoms with E-state index in [1.165, 1.54) is 0 Å². The highest BCUT2D eigenvalue weighted by molar-refractivity contribution is 5.83. The molecule has 15 heavy (non-hydrogen) atoms. The second-order valence-corrected chi connectivity index (χ2v) is 4.51. The van der Waals surface area contributed by atoms with E-state index in [9.17, 15) is 9.59 Å². The van der Waals surface area contributed by atoms with Gasteiger partial charge in [0.25, 0.3) is 0 Å². The van der Waals surface area contributed by atoms with Gasteiger partial charge in [0, 0.05) is 25.0 Å². The highest BCUT2D eigenvalue weighted by Crippen LogP contribution is 2.31. The summed E-state index contributed by atoms with van der Waals surface area (Å²) in [5.74, 6) is -0.104. The molecule has 84 valence electrons. The zero-order chi connectivity index (χ0) is 11.0. The Morgan fingerprint density at radius 2 is 1.73 bits per heavy atom. The Kier molecular flexibility index (Phi) is 2.65.